The molecule has 1 aromatic carbocycles. The predicted molar refractivity (Wildman–Crippen MR) is 83.2 cm³/mol. The van der Waals surface area contributed by atoms with E-state index in [9.17, 15) is 9.90 Å². The first kappa shape index (κ1) is 14.1. The lowest BCUT2D eigenvalue weighted by molar-refractivity contribution is -0.139. The van der Waals surface area contributed by atoms with E-state index in [0.717, 1.165) is 29.3 Å². The summed E-state index contributed by atoms with van der Waals surface area (Å²) in [7, 11) is 0. The lowest BCUT2D eigenvalue weighted by Crippen LogP contribution is -2.40. The van der Waals surface area contributed by atoms with Gasteiger partial charge in [0, 0.05) is 23.0 Å². The average Bonchev–Trinajstić information content (AvgIpc) is 2.93. The molecule has 0 aliphatic heterocycles. The van der Waals surface area contributed by atoms with Crippen molar-refractivity contribution in [2.24, 2.45) is 11.7 Å². The lowest BCUT2D eigenvalue weighted by atomic mass is 9.73. The molecule has 1 aliphatic carbocycles. The Labute approximate surface area is 124 Å². The molecule has 2 aromatic rings. The second kappa shape index (κ2) is 5.90. The number of aromatic nitrogens is 1. The molecule has 4 nitrogen and oxygen atoms in total. The first-order valence-electron chi connectivity index (χ1n) is 7.73. The van der Waals surface area contributed by atoms with Gasteiger partial charge in [-0.15, -0.1) is 0 Å². The first-order chi connectivity index (χ1) is 10.2. The minimum Gasteiger partial charge on any atom is -0.480 e. The molecule has 1 heterocycles. The van der Waals surface area contributed by atoms with Gasteiger partial charge in [0.25, 0.3) is 0 Å². The fourth-order valence-electron chi connectivity index (χ4n) is 3.76. The number of hydrogen-bond acceptors (Lipinski definition) is 2. The summed E-state index contributed by atoms with van der Waals surface area (Å²) in [5.41, 5.74) is 8.17. The number of aromatic amines is 1. The van der Waals surface area contributed by atoms with Crippen LogP contribution in [0.1, 0.15) is 43.6 Å². The standard InChI is InChI=1S/C17H22N2O2/c18-16(17(20)21)15(11-6-2-1-3-7-11)13-10-19-14-9-5-4-8-12(13)14/h4-5,8-11,15-16,19H,1-3,6-7,18H2,(H,20,21)/t15-,16+/m0/s1. The molecule has 0 saturated heterocycles. The Kier molecular flexibility index (Phi) is 3.97. The Morgan fingerprint density at radius 1 is 1.24 bits per heavy atom. The van der Waals surface area contributed by atoms with E-state index < -0.39 is 12.0 Å². The Morgan fingerprint density at radius 2 is 1.95 bits per heavy atom. The number of carboxylic acid groups (broad SMARTS) is 1. The number of nitrogens with one attached hydrogen (secondary N) is 1. The van der Waals surface area contributed by atoms with Gasteiger partial charge in [-0.25, -0.2) is 0 Å². The number of benzene rings is 1. The maximum atomic E-state index is 11.5. The summed E-state index contributed by atoms with van der Waals surface area (Å²) in [5.74, 6) is -0.654. The molecule has 112 valence electrons. The van der Waals surface area contributed by atoms with Crippen LogP contribution in [-0.2, 0) is 4.79 Å². The molecule has 0 spiro atoms. The fraction of sp³-hybridized carbons (Fsp3) is 0.471. The molecule has 0 amide bonds. The second-order valence-electron chi connectivity index (χ2n) is 6.08. The van der Waals surface area contributed by atoms with Crippen LogP contribution in [0, 0.1) is 5.92 Å². The summed E-state index contributed by atoms with van der Waals surface area (Å²) in [5, 5.41) is 10.5. The van der Waals surface area contributed by atoms with Gasteiger partial charge in [-0.1, -0.05) is 37.5 Å². The Hall–Kier alpha value is -1.81. The molecule has 0 unspecified atom stereocenters. The van der Waals surface area contributed by atoms with Crippen molar-refractivity contribution in [3.8, 4) is 0 Å². The van der Waals surface area contributed by atoms with Crippen molar-refractivity contribution in [1.29, 1.82) is 0 Å². The molecule has 1 aliphatic rings. The van der Waals surface area contributed by atoms with Gasteiger partial charge in [-0.3, -0.25) is 4.79 Å². The van der Waals surface area contributed by atoms with Gasteiger partial charge < -0.3 is 15.8 Å². The topological polar surface area (TPSA) is 79.1 Å². The molecule has 0 radical (unpaired) electrons. The molecule has 3 rings (SSSR count). The molecular weight excluding hydrogens is 264 g/mol. The third-order valence-corrected chi connectivity index (χ3v) is 4.81. The normalized spacial score (nSPS) is 19.5. The van der Waals surface area contributed by atoms with Crippen molar-refractivity contribution in [1.82, 2.24) is 4.98 Å². The summed E-state index contributed by atoms with van der Waals surface area (Å²) in [6.45, 7) is 0. The fourth-order valence-corrected chi connectivity index (χ4v) is 3.76. The summed E-state index contributed by atoms with van der Waals surface area (Å²) < 4.78 is 0. The number of fused-ring (bicyclic) bond motifs is 1. The van der Waals surface area contributed by atoms with Crippen LogP contribution in [0.4, 0.5) is 0 Å². The maximum Gasteiger partial charge on any atom is 0.321 e. The number of H-pyrrole nitrogens is 1. The van der Waals surface area contributed by atoms with E-state index >= 15 is 0 Å². The number of nitrogens with two attached hydrogens (primary N) is 1. The predicted octanol–water partition coefficient (Wildman–Crippen LogP) is 3.24. The van der Waals surface area contributed by atoms with Crippen molar-refractivity contribution in [2.45, 2.75) is 44.1 Å². The van der Waals surface area contributed by atoms with Crippen LogP contribution >= 0.6 is 0 Å². The largest absolute Gasteiger partial charge is 0.480 e. The molecule has 1 saturated carbocycles. The molecule has 2 atom stereocenters. The van der Waals surface area contributed by atoms with Gasteiger partial charge in [0.2, 0.25) is 0 Å². The van der Waals surface area contributed by atoms with Crippen molar-refractivity contribution < 1.29 is 9.90 Å². The zero-order valence-corrected chi connectivity index (χ0v) is 12.1. The van der Waals surface area contributed by atoms with Crippen molar-refractivity contribution >= 4 is 16.9 Å². The van der Waals surface area contributed by atoms with E-state index in [1.807, 2.05) is 30.5 Å². The molecule has 1 aromatic heterocycles. The summed E-state index contributed by atoms with van der Waals surface area (Å²) in [4.78, 5) is 14.7. The van der Waals surface area contributed by atoms with Crippen LogP contribution < -0.4 is 5.73 Å². The minimum absolute atomic E-state index is 0.112. The monoisotopic (exact) mass is 286 g/mol. The summed E-state index contributed by atoms with van der Waals surface area (Å²) in [6.07, 6.45) is 7.70. The number of aliphatic carboxylic acids is 1. The van der Waals surface area contributed by atoms with Crippen LogP contribution in [0.3, 0.4) is 0 Å². The number of carbonyl (C=O) groups is 1. The van der Waals surface area contributed by atoms with Gasteiger partial charge in [0.05, 0.1) is 0 Å². The molecule has 4 heteroatoms. The third-order valence-electron chi connectivity index (χ3n) is 4.81. The Balaban J connectivity index is 2.03. The highest BCUT2D eigenvalue weighted by atomic mass is 16.4. The van der Waals surface area contributed by atoms with Crippen LogP contribution in [0.2, 0.25) is 0 Å². The SMILES string of the molecule is N[C@@H](C(=O)O)[C@H](c1c[nH]c2ccccc12)C1CCCCC1. The van der Waals surface area contributed by atoms with Gasteiger partial charge in [0.15, 0.2) is 0 Å². The van der Waals surface area contributed by atoms with Gasteiger partial charge in [0.1, 0.15) is 6.04 Å². The number of hydrogen-bond donors (Lipinski definition) is 3. The van der Waals surface area contributed by atoms with Gasteiger partial charge >= 0.3 is 5.97 Å². The van der Waals surface area contributed by atoms with Gasteiger partial charge in [-0.2, -0.15) is 0 Å². The van der Waals surface area contributed by atoms with E-state index in [0.29, 0.717) is 5.92 Å². The van der Waals surface area contributed by atoms with E-state index in [-0.39, 0.29) is 5.92 Å². The molecule has 1 fully saturated rings. The smallest absolute Gasteiger partial charge is 0.321 e. The van der Waals surface area contributed by atoms with Crippen molar-refractivity contribution in [2.75, 3.05) is 0 Å². The zero-order valence-electron chi connectivity index (χ0n) is 12.1. The number of rotatable bonds is 4. The highest BCUT2D eigenvalue weighted by molar-refractivity contribution is 5.85. The van der Waals surface area contributed by atoms with E-state index in [1.54, 1.807) is 0 Å². The summed E-state index contributed by atoms with van der Waals surface area (Å²) >= 11 is 0. The van der Waals surface area contributed by atoms with Crippen LogP contribution in [-0.4, -0.2) is 22.1 Å². The van der Waals surface area contributed by atoms with E-state index in [2.05, 4.69) is 4.98 Å². The third kappa shape index (κ3) is 2.68. The second-order valence-corrected chi connectivity index (χ2v) is 6.08. The van der Waals surface area contributed by atoms with Crippen molar-refractivity contribution in [3.63, 3.8) is 0 Å². The lowest BCUT2D eigenvalue weighted by Gasteiger charge is -2.32. The highest BCUT2D eigenvalue weighted by Gasteiger charge is 2.35. The molecule has 4 N–H and O–H groups in total. The first-order valence-corrected chi connectivity index (χ1v) is 7.73. The van der Waals surface area contributed by atoms with Crippen LogP contribution in [0.15, 0.2) is 30.5 Å². The van der Waals surface area contributed by atoms with Crippen LogP contribution in [0.5, 0.6) is 0 Å². The Morgan fingerprint density at radius 3 is 2.67 bits per heavy atom. The van der Waals surface area contributed by atoms with Crippen molar-refractivity contribution in [3.05, 3.63) is 36.0 Å². The van der Waals surface area contributed by atoms with Gasteiger partial charge in [-0.05, 0) is 30.4 Å². The number of para-hydroxylation sites is 1. The molecule has 21 heavy (non-hydrogen) atoms. The minimum atomic E-state index is -0.907. The van der Waals surface area contributed by atoms with Crippen LogP contribution in [0.25, 0.3) is 10.9 Å². The average molecular weight is 286 g/mol. The van der Waals surface area contributed by atoms with E-state index in [4.69, 9.17) is 5.73 Å². The maximum absolute atomic E-state index is 11.5. The molecule has 0 bridgehead atoms. The zero-order chi connectivity index (χ0) is 14.8. The quantitative estimate of drug-likeness (QED) is 0.807. The highest BCUT2D eigenvalue weighted by Crippen LogP contribution is 2.40. The summed E-state index contributed by atoms with van der Waals surface area (Å²) in [6, 6.07) is 7.20. The Bertz CT molecular complexity index is 629. The number of carboxylic acids is 1. The van der Waals surface area contributed by atoms with E-state index in [1.165, 1.54) is 19.3 Å². The molecular formula is C17H22N2O2.